The second kappa shape index (κ2) is 5.81. The van der Waals surface area contributed by atoms with Crippen LogP contribution in [-0.2, 0) is 17.6 Å². The number of hydrogen-bond donors (Lipinski definition) is 2. The largest absolute Gasteiger partial charge is 0.325 e. The third-order valence-electron chi connectivity index (χ3n) is 2.41. The number of thiol groups is 1. The number of rotatable bonds is 4. The van der Waals surface area contributed by atoms with Gasteiger partial charge in [-0.25, -0.2) is 0 Å². The number of aryl methyl sites for hydroxylation is 2. The first-order valence-electron chi connectivity index (χ1n) is 5.24. The molecule has 0 aliphatic heterocycles. The molecule has 1 aromatic rings. The van der Waals surface area contributed by atoms with Gasteiger partial charge in [0.15, 0.2) is 0 Å². The number of nitrogens with one attached hydrogen (secondary N) is 1. The molecule has 0 saturated heterocycles. The van der Waals surface area contributed by atoms with Crippen molar-refractivity contribution >= 4 is 24.2 Å². The predicted octanol–water partition coefficient (Wildman–Crippen LogP) is 2.68. The average Bonchev–Trinajstić information content (AvgIpc) is 2.29. The van der Waals surface area contributed by atoms with Gasteiger partial charge in [-0.3, -0.25) is 4.79 Å². The molecule has 82 valence electrons. The minimum Gasteiger partial charge on any atom is -0.325 e. The maximum Gasteiger partial charge on any atom is 0.234 e. The maximum absolute atomic E-state index is 11.3. The molecule has 0 spiro atoms. The van der Waals surface area contributed by atoms with E-state index in [1.807, 2.05) is 18.2 Å². The summed E-state index contributed by atoms with van der Waals surface area (Å²) in [6, 6.07) is 6.13. The molecular formula is C12H17NOS. The van der Waals surface area contributed by atoms with Crippen molar-refractivity contribution in [3.63, 3.8) is 0 Å². The van der Waals surface area contributed by atoms with Crippen molar-refractivity contribution in [3.8, 4) is 0 Å². The zero-order valence-corrected chi connectivity index (χ0v) is 10.1. The summed E-state index contributed by atoms with van der Waals surface area (Å²) in [6.07, 6.45) is 1.85. The third kappa shape index (κ3) is 2.99. The monoisotopic (exact) mass is 223 g/mol. The molecule has 0 aliphatic carbocycles. The fourth-order valence-corrected chi connectivity index (χ4v) is 1.66. The van der Waals surface area contributed by atoms with E-state index in [0.29, 0.717) is 0 Å². The van der Waals surface area contributed by atoms with Crippen molar-refractivity contribution in [3.05, 3.63) is 29.3 Å². The second-order valence-corrected chi connectivity index (χ2v) is 3.68. The summed E-state index contributed by atoms with van der Waals surface area (Å²) in [7, 11) is 0. The van der Waals surface area contributed by atoms with E-state index in [0.717, 1.165) is 18.5 Å². The summed E-state index contributed by atoms with van der Waals surface area (Å²) in [6.45, 7) is 4.18. The maximum atomic E-state index is 11.3. The molecule has 0 aromatic heterocycles. The Kier molecular flexibility index (Phi) is 4.69. The van der Waals surface area contributed by atoms with Gasteiger partial charge in [-0.15, -0.1) is 0 Å². The molecule has 0 atom stereocenters. The van der Waals surface area contributed by atoms with E-state index in [2.05, 4.69) is 31.8 Å². The molecule has 0 unspecified atom stereocenters. The lowest BCUT2D eigenvalue weighted by Gasteiger charge is -2.13. The standard InChI is InChI=1S/C12H17NOS/c1-3-9-6-5-7-10(4-2)12(9)13-11(14)8-15/h5-7,15H,3-4,8H2,1-2H3,(H,13,14). The number of benzene rings is 1. The van der Waals surface area contributed by atoms with Crippen LogP contribution < -0.4 is 5.32 Å². The molecule has 3 heteroatoms. The zero-order chi connectivity index (χ0) is 11.3. The number of carbonyl (C=O) groups is 1. The molecule has 15 heavy (non-hydrogen) atoms. The Morgan fingerprint density at radius 1 is 1.27 bits per heavy atom. The molecule has 0 aliphatic rings. The van der Waals surface area contributed by atoms with Gasteiger partial charge in [0, 0.05) is 5.69 Å². The fraction of sp³-hybridized carbons (Fsp3) is 0.417. The minimum atomic E-state index is -0.0473. The van der Waals surface area contributed by atoms with Crippen LogP contribution in [0.15, 0.2) is 18.2 Å². The average molecular weight is 223 g/mol. The molecule has 1 rings (SSSR count). The molecule has 0 bridgehead atoms. The van der Waals surface area contributed by atoms with Crippen molar-refractivity contribution in [2.75, 3.05) is 11.1 Å². The molecule has 0 saturated carbocycles. The molecule has 1 N–H and O–H groups in total. The van der Waals surface area contributed by atoms with E-state index in [-0.39, 0.29) is 11.7 Å². The van der Waals surface area contributed by atoms with Crippen LogP contribution in [0, 0.1) is 0 Å². The highest BCUT2D eigenvalue weighted by molar-refractivity contribution is 7.81. The van der Waals surface area contributed by atoms with Crippen molar-refractivity contribution in [2.24, 2.45) is 0 Å². The topological polar surface area (TPSA) is 29.1 Å². The predicted molar refractivity (Wildman–Crippen MR) is 67.7 cm³/mol. The fourth-order valence-electron chi connectivity index (χ4n) is 1.58. The highest BCUT2D eigenvalue weighted by atomic mass is 32.1. The lowest BCUT2D eigenvalue weighted by atomic mass is 10.0. The van der Waals surface area contributed by atoms with Crippen LogP contribution in [0.1, 0.15) is 25.0 Å². The summed E-state index contributed by atoms with van der Waals surface area (Å²) in [4.78, 5) is 11.3. The van der Waals surface area contributed by atoms with E-state index in [1.165, 1.54) is 11.1 Å². The smallest absolute Gasteiger partial charge is 0.234 e. The highest BCUT2D eigenvalue weighted by Crippen LogP contribution is 2.22. The van der Waals surface area contributed by atoms with Gasteiger partial charge in [0.25, 0.3) is 0 Å². The Labute approximate surface area is 96.5 Å². The van der Waals surface area contributed by atoms with Gasteiger partial charge in [0.2, 0.25) is 5.91 Å². The van der Waals surface area contributed by atoms with Crippen LogP contribution in [0.2, 0.25) is 0 Å². The first-order valence-corrected chi connectivity index (χ1v) is 5.87. The summed E-state index contributed by atoms with van der Waals surface area (Å²) in [5, 5.41) is 2.92. The Hall–Kier alpha value is -0.960. The van der Waals surface area contributed by atoms with Gasteiger partial charge in [0.1, 0.15) is 0 Å². The van der Waals surface area contributed by atoms with E-state index in [4.69, 9.17) is 0 Å². The van der Waals surface area contributed by atoms with Crippen molar-refractivity contribution < 1.29 is 4.79 Å². The number of amides is 1. The van der Waals surface area contributed by atoms with Gasteiger partial charge < -0.3 is 5.32 Å². The summed E-state index contributed by atoms with van der Waals surface area (Å²) >= 11 is 3.96. The van der Waals surface area contributed by atoms with Crippen LogP contribution in [0.3, 0.4) is 0 Å². The molecule has 0 radical (unpaired) electrons. The lowest BCUT2D eigenvalue weighted by Crippen LogP contribution is -2.15. The minimum absolute atomic E-state index is 0.0473. The summed E-state index contributed by atoms with van der Waals surface area (Å²) < 4.78 is 0. The third-order valence-corrected chi connectivity index (χ3v) is 2.69. The molecule has 0 heterocycles. The molecule has 0 fully saturated rings. The highest BCUT2D eigenvalue weighted by Gasteiger charge is 2.08. The number of anilines is 1. The van der Waals surface area contributed by atoms with Crippen molar-refractivity contribution in [1.82, 2.24) is 0 Å². The van der Waals surface area contributed by atoms with Crippen molar-refractivity contribution in [1.29, 1.82) is 0 Å². The van der Waals surface area contributed by atoms with Gasteiger partial charge >= 0.3 is 0 Å². The van der Waals surface area contributed by atoms with E-state index in [9.17, 15) is 4.79 Å². The van der Waals surface area contributed by atoms with Crippen molar-refractivity contribution in [2.45, 2.75) is 26.7 Å². The number of para-hydroxylation sites is 1. The van der Waals surface area contributed by atoms with Crippen LogP contribution in [0.5, 0.6) is 0 Å². The van der Waals surface area contributed by atoms with Gasteiger partial charge in [-0.2, -0.15) is 12.6 Å². The van der Waals surface area contributed by atoms with Crippen LogP contribution in [0.4, 0.5) is 5.69 Å². The summed E-state index contributed by atoms with van der Waals surface area (Å²) in [5.41, 5.74) is 3.34. The molecule has 2 nitrogen and oxygen atoms in total. The SMILES string of the molecule is CCc1cccc(CC)c1NC(=O)CS. The Morgan fingerprint density at radius 3 is 2.20 bits per heavy atom. The number of carbonyl (C=O) groups excluding carboxylic acids is 1. The molecular weight excluding hydrogens is 206 g/mol. The van der Waals surface area contributed by atoms with Gasteiger partial charge in [-0.05, 0) is 24.0 Å². The van der Waals surface area contributed by atoms with Gasteiger partial charge in [0.05, 0.1) is 5.75 Å². The zero-order valence-electron chi connectivity index (χ0n) is 9.21. The van der Waals surface area contributed by atoms with E-state index < -0.39 is 0 Å². The van der Waals surface area contributed by atoms with Crippen LogP contribution in [-0.4, -0.2) is 11.7 Å². The Bertz CT molecular complexity index is 327. The quantitative estimate of drug-likeness (QED) is 0.755. The Morgan fingerprint density at radius 2 is 1.80 bits per heavy atom. The number of hydrogen-bond acceptors (Lipinski definition) is 2. The van der Waals surface area contributed by atoms with E-state index >= 15 is 0 Å². The normalized spacial score (nSPS) is 10.1. The first-order chi connectivity index (χ1) is 7.22. The van der Waals surface area contributed by atoms with Crippen LogP contribution >= 0.6 is 12.6 Å². The van der Waals surface area contributed by atoms with E-state index in [1.54, 1.807) is 0 Å². The second-order valence-electron chi connectivity index (χ2n) is 3.36. The lowest BCUT2D eigenvalue weighted by molar-refractivity contribution is -0.113. The molecule has 1 aromatic carbocycles. The summed E-state index contributed by atoms with van der Waals surface area (Å²) in [5.74, 6) is 0.176. The first kappa shape index (κ1) is 12.1. The Balaban J connectivity index is 3.05. The van der Waals surface area contributed by atoms with Gasteiger partial charge in [-0.1, -0.05) is 32.0 Å². The van der Waals surface area contributed by atoms with Crippen LogP contribution in [0.25, 0.3) is 0 Å². The molecule has 1 amide bonds.